The number of amides is 3. The molecule has 0 spiro atoms. The minimum atomic E-state index is -1.29. The Morgan fingerprint density at radius 3 is 2.35 bits per heavy atom. The van der Waals surface area contributed by atoms with Gasteiger partial charge in [-0.05, 0) is 69.2 Å². The van der Waals surface area contributed by atoms with Crippen LogP contribution in [0.15, 0.2) is 48.5 Å². The van der Waals surface area contributed by atoms with Crippen LogP contribution in [0.4, 0.5) is 9.18 Å². The van der Waals surface area contributed by atoms with Gasteiger partial charge in [0.1, 0.15) is 17.1 Å². The van der Waals surface area contributed by atoms with E-state index >= 15 is 0 Å². The van der Waals surface area contributed by atoms with Crippen LogP contribution in [-0.4, -0.2) is 40.8 Å². The second-order valence-electron chi connectivity index (χ2n) is 8.65. The van der Waals surface area contributed by atoms with Gasteiger partial charge in [-0.25, -0.2) is 9.18 Å². The van der Waals surface area contributed by atoms with Crippen LogP contribution in [0.1, 0.15) is 39.8 Å². The number of aromatic nitrogens is 1. The van der Waals surface area contributed by atoms with Gasteiger partial charge >= 0.3 is 6.03 Å². The van der Waals surface area contributed by atoms with Gasteiger partial charge in [-0.1, -0.05) is 18.2 Å². The molecule has 1 unspecified atom stereocenters. The van der Waals surface area contributed by atoms with Crippen LogP contribution < -0.4 is 10.1 Å². The monoisotopic (exact) mass is 463 g/mol. The van der Waals surface area contributed by atoms with Crippen molar-refractivity contribution in [2.45, 2.75) is 33.2 Å². The molecule has 2 aromatic carbocycles. The molecule has 1 N–H and O–H groups in total. The molecule has 7 nitrogen and oxygen atoms in total. The highest BCUT2D eigenvalue weighted by Crippen LogP contribution is 2.31. The molecule has 0 saturated carbocycles. The smallest absolute Gasteiger partial charge is 0.325 e. The summed E-state index contributed by atoms with van der Waals surface area (Å²) in [6.45, 7) is 6.46. The third kappa shape index (κ3) is 3.75. The van der Waals surface area contributed by atoms with E-state index < -0.39 is 24.0 Å². The first-order valence-corrected chi connectivity index (χ1v) is 10.8. The molecule has 1 fully saturated rings. The van der Waals surface area contributed by atoms with E-state index in [1.54, 1.807) is 74.9 Å². The number of carbonyl (C=O) groups is 3. The SMILES string of the molecule is COc1ccc(C2(C)NC(=O)N(CC(=O)c3cc(C)n(-c4ccc(C)c(F)c4)c3C)C2=O)cc1. The van der Waals surface area contributed by atoms with Gasteiger partial charge in [0.25, 0.3) is 5.91 Å². The van der Waals surface area contributed by atoms with Crippen molar-refractivity contribution >= 4 is 17.7 Å². The fraction of sp³-hybridized carbons (Fsp3) is 0.269. The van der Waals surface area contributed by atoms with Crippen molar-refractivity contribution in [3.63, 3.8) is 0 Å². The number of ketones is 1. The van der Waals surface area contributed by atoms with Crippen LogP contribution >= 0.6 is 0 Å². The fourth-order valence-corrected chi connectivity index (χ4v) is 4.35. The van der Waals surface area contributed by atoms with Gasteiger partial charge in [-0.15, -0.1) is 0 Å². The van der Waals surface area contributed by atoms with Gasteiger partial charge in [0.2, 0.25) is 0 Å². The standard InChI is InChI=1S/C26H26FN3O4/c1-15-6-9-19(13-22(15)27)30-16(2)12-21(17(30)3)23(31)14-29-24(32)26(4,28-25(29)33)18-7-10-20(34-5)11-8-18/h6-13H,14H2,1-5H3,(H,28,33). The third-order valence-electron chi connectivity index (χ3n) is 6.39. The molecule has 2 heterocycles. The normalized spacial score (nSPS) is 17.8. The number of nitrogens with zero attached hydrogens (tertiary/aromatic N) is 2. The Morgan fingerprint density at radius 2 is 1.74 bits per heavy atom. The maximum absolute atomic E-state index is 14.1. The van der Waals surface area contributed by atoms with E-state index in [0.29, 0.717) is 33.8 Å². The highest BCUT2D eigenvalue weighted by Gasteiger charge is 2.49. The molecule has 4 rings (SSSR count). The Morgan fingerprint density at radius 1 is 1.06 bits per heavy atom. The van der Waals surface area contributed by atoms with Gasteiger partial charge in [-0.3, -0.25) is 14.5 Å². The number of methoxy groups -OCH3 is 1. The molecule has 0 radical (unpaired) electrons. The van der Waals surface area contributed by atoms with Crippen molar-refractivity contribution in [2.24, 2.45) is 0 Å². The van der Waals surface area contributed by atoms with Crippen molar-refractivity contribution in [3.8, 4) is 11.4 Å². The maximum atomic E-state index is 14.1. The van der Waals surface area contributed by atoms with Gasteiger partial charge in [0.15, 0.2) is 5.78 Å². The number of hydrogen-bond donors (Lipinski definition) is 1. The molecule has 34 heavy (non-hydrogen) atoms. The molecule has 1 saturated heterocycles. The third-order valence-corrected chi connectivity index (χ3v) is 6.39. The van der Waals surface area contributed by atoms with Crippen molar-refractivity contribution in [1.29, 1.82) is 0 Å². The van der Waals surface area contributed by atoms with Crippen LogP contribution in [0.25, 0.3) is 5.69 Å². The van der Waals surface area contributed by atoms with Gasteiger partial charge in [0, 0.05) is 22.6 Å². The minimum absolute atomic E-state index is 0.338. The van der Waals surface area contributed by atoms with Crippen molar-refractivity contribution < 1.29 is 23.5 Å². The van der Waals surface area contributed by atoms with Crippen LogP contribution in [0.5, 0.6) is 5.75 Å². The van der Waals surface area contributed by atoms with Crippen LogP contribution in [0.2, 0.25) is 0 Å². The van der Waals surface area contributed by atoms with Crippen LogP contribution in [0.3, 0.4) is 0 Å². The van der Waals surface area contributed by atoms with Crippen molar-refractivity contribution in [1.82, 2.24) is 14.8 Å². The number of benzene rings is 2. The topological polar surface area (TPSA) is 80.6 Å². The Kier molecular flexibility index (Phi) is 5.77. The summed E-state index contributed by atoms with van der Waals surface area (Å²) in [5.41, 5.74) is 2.14. The fourth-order valence-electron chi connectivity index (χ4n) is 4.35. The van der Waals surface area contributed by atoms with Crippen molar-refractivity contribution in [3.05, 3.63) is 82.4 Å². The maximum Gasteiger partial charge on any atom is 0.325 e. The van der Waals surface area contributed by atoms with E-state index in [4.69, 9.17) is 4.74 Å². The number of aryl methyl sites for hydroxylation is 2. The summed E-state index contributed by atoms with van der Waals surface area (Å²) < 4.78 is 21.1. The summed E-state index contributed by atoms with van der Waals surface area (Å²) in [5.74, 6) is -0.602. The molecular weight excluding hydrogens is 437 g/mol. The van der Waals surface area contributed by atoms with Gasteiger partial charge < -0.3 is 14.6 Å². The van der Waals surface area contributed by atoms with E-state index in [-0.39, 0.29) is 11.6 Å². The first kappa shape index (κ1) is 23.2. The first-order valence-electron chi connectivity index (χ1n) is 10.8. The van der Waals surface area contributed by atoms with Crippen LogP contribution in [0, 0.1) is 26.6 Å². The lowest BCUT2D eigenvalue weighted by molar-refractivity contribution is -0.130. The first-order chi connectivity index (χ1) is 16.1. The predicted octanol–water partition coefficient (Wildman–Crippen LogP) is 4.20. The van der Waals surface area contributed by atoms with E-state index in [2.05, 4.69) is 5.32 Å². The number of Topliss-reactive ketones (excluding diaryl/α,β-unsaturated/α-hetero) is 1. The summed E-state index contributed by atoms with van der Waals surface area (Å²) in [6, 6.07) is 12.8. The summed E-state index contributed by atoms with van der Waals surface area (Å²) in [7, 11) is 1.54. The second kappa shape index (κ2) is 8.44. The number of carbonyl (C=O) groups excluding carboxylic acids is 3. The van der Waals surface area contributed by atoms with Gasteiger partial charge in [0.05, 0.1) is 13.7 Å². The molecular formula is C26H26FN3O4. The zero-order valence-electron chi connectivity index (χ0n) is 19.7. The highest BCUT2D eigenvalue weighted by atomic mass is 19.1. The Bertz CT molecular complexity index is 1310. The highest BCUT2D eigenvalue weighted by molar-refractivity contribution is 6.11. The second-order valence-corrected chi connectivity index (χ2v) is 8.65. The quantitative estimate of drug-likeness (QED) is 0.439. The average molecular weight is 464 g/mol. The zero-order valence-corrected chi connectivity index (χ0v) is 19.7. The molecule has 0 aliphatic carbocycles. The van der Waals surface area contributed by atoms with Crippen molar-refractivity contribution in [2.75, 3.05) is 13.7 Å². The zero-order chi connectivity index (χ0) is 24.8. The predicted molar refractivity (Wildman–Crippen MR) is 125 cm³/mol. The number of rotatable bonds is 6. The number of imide groups is 1. The summed E-state index contributed by atoms with van der Waals surface area (Å²) >= 11 is 0. The molecule has 3 aromatic rings. The number of ether oxygens (including phenoxy) is 1. The van der Waals surface area contributed by atoms with E-state index in [9.17, 15) is 18.8 Å². The van der Waals surface area contributed by atoms with E-state index in [1.165, 1.54) is 6.07 Å². The molecule has 1 aliphatic heterocycles. The lowest BCUT2D eigenvalue weighted by Crippen LogP contribution is -2.41. The Balaban J connectivity index is 1.60. The molecule has 0 bridgehead atoms. The molecule has 8 heteroatoms. The van der Waals surface area contributed by atoms with Crippen LogP contribution in [-0.2, 0) is 10.3 Å². The Hall–Kier alpha value is -3.94. The molecule has 1 aromatic heterocycles. The lowest BCUT2D eigenvalue weighted by Gasteiger charge is -2.22. The molecule has 3 amide bonds. The number of nitrogens with one attached hydrogen (secondary N) is 1. The molecule has 176 valence electrons. The van der Waals surface area contributed by atoms with Gasteiger partial charge in [-0.2, -0.15) is 0 Å². The van der Waals surface area contributed by atoms with E-state index in [0.717, 1.165) is 10.6 Å². The molecule has 1 aliphatic rings. The average Bonchev–Trinajstić information content (AvgIpc) is 3.23. The largest absolute Gasteiger partial charge is 0.497 e. The summed E-state index contributed by atoms with van der Waals surface area (Å²) in [4.78, 5) is 40.0. The Labute approximate surface area is 197 Å². The number of urea groups is 1. The molecule has 1 atom stereocenters. The lowest BCUT2D eigenvalue weighted by atomic mass is 9.92. The summed E-state index contributed by atoms with van der Waals surface area (Å²) in [6.07, 6.45) is 0. The summed E-state index contributed by atoms with van der Waals surface area (Å²) in [5, 5.41) is 2.71. The van der Waals surface area contributed by atoms with E-state index in [1.807, 2.05) is 6.92 Å². The minimum Gasteiger partial charge on any atom is -0.497 e. The number of halogens is 1. The number of hydrogen-bond acceptors (Lipinski definition) is 4.